The first-order valence-corrected chi connectivity index (χ1v) is 10.0. The van der Waals surface area contributed by atoms with Gasteiger partial charge in [0.25, 0.3) is 0 Å². The van der Waals surface area contributed by atoms with Crippen LogP contribution in [0, 0.1) is 17.8 Å². The van der Waals surface area contributed by atoms with Gasteiger partial charge in [-0.15, -0.1) is 0 Å². The lowest BCUT2D eigenvalue weighted by Crippen LogP contribution is -2.53. The van der Waals surface area contributed by atoms with Crippen molar-refractivity contribution in [2.24, 2.45) is 17.8 Å². The van der Waals surface area contributed by atoms with Gasteiger partial charge >= 0.3 is 0 Å². The maximum Gasteiger partial charge on any atom is 0.175 e. The molecule has 4 nitrogen and oxygen atoms in total. The topological polar surface area (TPSA) is 44.8 Å². The second-order valence-corrected chi connectivity index (χ2v) is 8.55. The van der Waals surface area contributed by atoms with Crippen molar-refractivity contribution in [2.75, 3.05) is 7.11 Å². The molecule has 28 heavy (non-hydrogen) atoms. The molecule has 0 radical (unpaired) electrons. The highest BCUT2D eigenvalue weighted by molar-refractivity contribution is 5.94. The van der Waals surface area contributed by atoms with Gasteiger partial charge in [0.1, 0.15) is 6.10 Å². The molecule has 0 unspecified atom stereocenters. The molecule has 4 aliphatic heterocycles. The van der Waals surface area contributed by atoms with Gasteiger partial charge in [0, 0.05) is 18.9 Å². The molecule has 7 rings (SSSR count). The van der Waals surface area contributed by atoms with Gasteiger partial charge in [0.2, 0.25) is 0 Å². The van der Waals surface area contributed by atoms with Gasteiger partial charge in [-0.1, -0.05) is 60.7 Å². The number of fused-ring (bicyclic) bond motifs is 16. The van der Waals surface area contributed by atoms with E-state index in [1.54, 1.807) is 7.11 Å². The molecule has 4 heteroatoms. The fourth-order valence-electron chi connectivity index (χ4n) is 6.53. The molecule has 1 aliphatic carbocycles. The molecule has 0 spiro atoms. The van der Waals surface area contributed by atoms with Gasteiger partial charge in [0.15, 0.2) is 11.4 Å². The van der Waals surface area contributed by atoms with Crippen molar-refractivity contribution in [1.29, 1.82) is 0 Å². The van der Waals surface area contributed by atoms with Crippen LogP contribution in [-0.2, 0) is 19.0 Å². The Hall–Kier alpha value is -2.27. The molecule has 2 aromatic carbocycles. The van der Waals surface area contributed by atoms with E-state index in [1.165, 1.54) is 11.1 Å². The highest BCUT2D eigenvalue weighted by Crippen LogP contribution is 2.67. The van der Waals surface area contributed by atoms with Crippen LogP contribution in [0.1, 0.15) is 46.7 Å². The minimum atomic E-state index is -0.974. The Labute approximate surface area is 163 Å². The van der Waals surface area contributed by atoms with Crippen LogP contribution in [0.25, 0.3) is 0 Å². The zero-order valence-electron chi connectivity index (χ0n) is 15.4. The zero-order valence-corrected chi connectivity index (χ0v) is 15.4. The van der Waals surface area contributed by atoms with Crippen LogP contribution < -0.4 is 0 Å². The molecule has 0 saturated carbocycles. The van der Waals surface area contributed by atoms with Crippen LogP contribution in [0.4, 0.5) is 0 Å². The van der Waals surface area contributed by atoms with E-state index in [2.05, 4.69) is 42.5 Å². The normalized spacial score (nSPS) is 43.5. The second-order valence-electron chi connectivity index (χ2n) is 8.55. The molecule has 4 heterocycles. The van der Waals surface area contributed by atoms with Gasteiger partial charge in [0.05, 0.1) is 24.2 Å². The number of carbonyl (C=O) groups excluding carboxylic acids is 1. The Kier molecular flexibility index (Phi) is 2.80. The van der Waals surface area contributed by atoms with E-state index in [9.17, 15) is 4.79 Å². The summed E-state index contributed by atoms with van der Waals surface area (Å²) in [6.07, 6.45) is 3.68. The highest BCUT2D eigenvalue weighted by atomic mass is 16.6. The SMILES string of the molecule is CO[C@@]12C(=O)[C@@H]3[C@H](C=C[C@@H]1[C@@H]1O[C@H]2c2ccccc21)[C@@H]1O[C@H]3c2ccccc21. The summed E-state index contributed by atoms with van der Waals surface area (Å²) in [6.45, 7) is 0. The van der Waals surface area contributed by atoms with Crippen LogP contribution in [0.5, 0.6) is 0 Å². The maximum absolute atomic E-state index is 14.1. The first-order chi connectivity index (χ1) is 13.8. The molecule has 5 aliphatic rings. The summed E-state index contributed by atoms with van der Waals surface area (Å²) in [5.74, 6) is -0.124. The Balaban J connectivity index is 1.42. The summed E-state index contributed by atoms with van der Waals surface area (Å²) in [5, 5.41) is 0. The number of hydrogen-bond acceptors (Lipinski definition) is 4. The first-order valence-electron chi connectivity index (χ1n) is 10.0. The molecule has 2 aromatic rings. The minimum absolute atomic E-state index is 0.0416. The molecule has 2 fully saturated rings. The third-order valence-corrected chi connectivity index (χ3v) is 7.64. The monoisotopic (exact) mass is 372 g/mol. The second kappa shape index (κ2) is 5.01. The van der Waals surface area contributed by atoms with E-state index in [0.717, 1.165) is 11.1 Å². The largest absolute Gasteiger partial charge is 0.367 e. The number of benzene rings is 2. The van der Waals surface area contributed by atoms with Crippen molar-refractivity contribution in [3.8, 4) is 0 Å². The van der Waals surface area contributed by atoms with E-state index >= 15 is 0 Å². The fraction of sp³-hybridized carbons (Fsp3) is 0.375. The average Bonchev–Trinajstić information content (AvgIpc) is 3.46. The molecular weight excluding hydrogens is 352 g/mol. The molecule has 2 saturated heterocycles. The first kappa shape index (κ1) is 15.6. The van der Waals surface area contributed by atoms with Crippen molar-refractivity contribution < 1.29 is 19.0 Å². The van der Waals surface area contributed by atoms with Crippen molar-refractivity contribution in [2.45, 2.75) is 30.0 Å². The van der Waals surface area contributed by atoms with Crippen molar-refractivity contribution in [1.82, 2.24) is 0 Å². The summed E-state index contributed by atoms with van der Waals surface area (Å²) < 4.78 is 18.8. The van der Waals surface area contributed by atoms with E-state index < -0.39 is 5.60 Å². The van der Waals surface area contributed by atoms with E-state index in [1.807, 2.05) is 18.2 Å². The number of methoxy groups -OCH3 is 1. The Morgan fingerprint density at radius 2 is 1.46 bits per heavy atom. The van der Waals surface area contributed by atoms with Gasteiger partial charge in [-0.05, 0) is 22.3 Å². The quantitative estimate of drug-likeness (QED) is 0.710. The molecule has 8 atom stereocenters. The highest BCUT2D eigenvalue weighted by Gasteiger charge is 2.70. The molecular formula is C24H20O4. The lowest BCUT2D eigenvalue weighted by Gasteiger charge is -2.40. The predicted octanol–water partition coefficient (Wildman–Crippen LogP) is 4.01. The number of Topliss-reactive ketones (excluding diaryl/α,β-unsaturated/α-hetero) is 1. The third kappa shape index (κ3) is 1.52. The number of ketones is 1. The lowest BCUT2D eigenvalue weighted by atomic mass is 9.66. The summed E-state index contributed by atoms with van der Waals surface area (Å²) in [4.78, 5) is 14.1. The molecule has 0 aromatic heterocycles. The fourth-order valence-corrected chi connectivity index (χ4v) is 6.53. The molecule has 0 amide bonds. The summed E-state index contributed by atoms with van der Waals surface area (Å²) in [6, 6.07) is 16.6. The van der Waals surface area contributed by atoms with Gasteiger partial charge in [-0.2, -0.15) is 0 Å². The van der Waals surface area contributed by atoms with Crippen LogP contribution in [0.15, 0.2) is 60.7 Å². The van der Waals surface area contributed by atoms with Gasteiger partial charge in [-0.25, -0.2) is 0 Å². The number of rotatable bonds is 1. The lowest BCUT2D eigenvalue weighted by molar-refractivity contribution is -0.158. The Morgan fingerprint density at radius 1 is 0.821 bits per heavy atom. The van der Waals surface area contributed by atoms with Gasteiger partial charge in [-0.3, -0.25) is 4.79 Å². The summed E-state index contributed by atoms with van der Waals surface area (Å²) in [5.41, 5.74) is 3.70. The van der Waals surface area contributed by atoms with Crippen LogP contribution in [-0.4, -0.2) is 18.5 Å². The van der Waals surface area contributed by atoms with E-state index in [-0.39, 0.29) is 48.0 Å². The van der Waals surface area contributed by atoms with E-state index in [4.69, 9.17) is 14.2 Å². The zero-order chi connectivity index (χ0) is 18.6. The third-order valence-electron chi connectivity index (χ3n) is 7.64. The number of ether oxygens (including phenoxy) is 3. The molecule has 4 bridgehead atoms. The Morgan fingerprint density at radius 3 is 2.18 bits per heavy atom. The standard InChI is InChI=1S/C24H20O4/c1-26-24-17(20-14-8-4-5-9-15(14)23(24)28-20)11-10-16-18(22(24)25)21-13-7-3-2-6-12(13)19(16)27-21/h2-11,16-21,23H,1H3/t16-,17+,18+,19+,20+,21-,23-,24+/m0/s1. The maximum atomic E-state index is 14.1. The number of carbonyl (C=O) groups is 1. The van der Waals surface area contributed by atoms with Crippen molar-refractivity contribution in [3.05, 3.63) is 82.9 Å². The van der Waals surface area contributed by atoms with Crippen molar-refractivity contribution in [3.63, 3.8) is 0 Å². The molecule has 140 valence electrons. The van der Waals surface area contributed by atoms with Crippen molar-refractivity contribution >= 4 is 5.78 Å². The van der Waals surface area contributed by atoms with Crippen LogP contribution in [0.3, 0.4) is 0 Å². The minimum Gasteiger partial charge on any atom is -0.367 e. The van der Waals surface area contributed by atoms with Crippen LogP contribution in [0.2, 0.25) is 0 Å². The summed E-state index contributed by atoms with van der Waals surface area (Å²) in [7, 11) is 1.66. The van der Waals surface area contributed by atoms with Gasteiger partial charge < -0.3 is 14.2 Å². The number of hydrogen-bond donors (Lipinski definition) is 0. The smallest absolute Gasteiger partial charge is 0.175 e. The average molecular weight is 372 g/mol. The molecule has 0 N–H and O–H groups in total. The Bertz CT molecular complexity index is 1060. The predicted molar refractivity (Wildman–Crippen MR) is 100 cm³/mol. The van der Waals surface area contributed by atoms with E-state index in [0.29, 0.717) is 0 Å². The summed E-state index contributed by atoms with van der Waals surface area (Å²) >= 11 is 0. The van der Waals surface area contributed by atoms with Crippen LogP contribution >= 0.6 is 0 Å².